The van der Waals surface area contributed by atoms with Gasteiger partial charge in [-0.05, 0) is 29.8 Å². The van der Waals surface area contributed by atoms with Gasteiger partial charge in [0.25, 0.3) is 0 Å². The number of halogens is 1. The van der Waals surface area contributed by atoms with E-state index in [1.807, 2.05) is 42.5 Å². The normalized spacial score (nSPS) is 10.6. The molecule has 3 aromatic rings. The van der Waals surface area contributed by atoms with Crippen LogP contribution in [0.25, 0.3) is 10.9 Å². The molecule has 0 aliphatic rings. The van der Waals surface area contributed by atoms with Gasteiger partial charge in [0.2, 0.25) is 0 Å². The molecular formula is C16H13BrN2. The maximum absolute atomic E-state index is 4.59. The van der Waals surface area contributed by atoms with Crippen LogP contribution in [0.5, 0.6) is 0 Å². The van der Waals surface area contributed by atoms with Crippen LogP contribution < -0.4 is 5.32 Å². The van der Waals surface area contributed by atoms with E-state index in [-0.39, 0.29) is 0 Å². The number of pyridine rings is 1. The number of hydrogen-bond donors (Lipinski definition) is 1. The van der Waals surface area contributed by atoms with Crippen molar-refractivity contribution < 1.29 is 0 Å². The summed E-state index contributed by atoms with van der Waals surface area (Å²) in [5.41, 5.74) is 2.23. The average Bonchev–Trinajstić information content (AvgIpc) is 2.46. The lowest BCUT2D eigenvalue weighted by Crippen LogP contribution is -2.01. The standard InChI is InChI=1S/C16H13BrN2/c17-14-7-3-1-6-13(14)11-18-16-10-9-12-5-2-4-8-15(12)19-16/h1-10H,11H2,(H,18,19). The molecule has 0 radical (unpaired) electrons. The number of fused-ring (bicyclic) bond motifs is 1. The summed E-state index contributed by atoms with van der Waals surface area (Å²) in [5.74, 6) is 0.898. The van der Waals surface area contributed by atoms with Crippen molar-refractivity contribution in [2.75, 3.05) is 5.32 Å². The van der Waals surface area contributed by atoms with E-state index in [1.165, 1.54) is 5.56 Å². The van der Waals surface area contributed by atoms with Crippen molar-refractivity contribution in [2.45, 2.75) is 6.54 Å². The van der Waals surface area contributed by atoms with Gasteiger partial charge < -0.3 is 5.32 Å². The summed E-state index contributed by atoms with van der Waals surface area (Å²) in [7, 11) is 0. The van der Waals surface area contributed by atoms with Crippen LogP contribution in [0.2, 0.25) is 0 Å². The largest absolute Gasteiger partial charge is 0.366 e. The van der Waals surface area contributed by atoms with Crippen molar-refractivity contribution in [1.82, 2.24) is 4.98 Å². The summed E-state index contributed by atoms with van der Waals surface area (Å²) in [6.45, 7) is 0.757. The summed E-state index contributed by atoms with van der Waals surface area (Å²) < 4.78 is 1.11. The fraction of sp³-hybridized carbons (Fsp3) is 0.0625. The van der Waals surface area contributed by atoms with Crippen molar-refractivity contribution in [3.8, 4) is 0 Å². The first-order valence-electron chi connectivity index (χ1n) is 6.16. The van der Waals surface area contributed by atoms with Crippen molar-refractivity contribution >= 4 is 32.7 Å². The zero-order valence-corrected chi connectivity index (χ0v) is 11.9. The number of hydrogen-bond acceptors (Lipinski definition) is 2. The lowest BCUT2D eigenvalue weighted by molar-refractivity contribution is 1.11. The molecule has 3 heteroatoms. The molecule has 1 heterocycles. The van der Waals surface area contributed by atoms with Gasteiger partial charge in [0.15, 0.2) is 0 Å². The molecule has 0 aliphatic carbocycles. The molecule has 0 aliphatic heterocycles. The first kappa shape index (κ1) is 12.2. The Morgan fingerprint density at radius 2 is 1.68 bits per heavy atom. The monoisotopic (exact) mass is 312 g/mol. The second-order valence-corrected chi connectivity index (χ2v) is 5.19. The highest BCUT2D eigenvalue weighted by Crippen LogP contribution is 2.18. The number of nitrogens with one attached hydrogen (secondary N) is 1. The van der Waals surface area contributed by atoms with E-state index in [0.717, 1.165) is 27.7 Å². The van der Waals surface area contributed by atoms with Crippen molar-refractivity contribution in [1.29, 1.82) is 0 Å². The number of benzene rings is 2. The van der Waals surface area contributed by atoms with Gasteiger partial charge in [-0.15, -0.1) is 0 Å². The maximum Gasteiger partial charge on any atom is 0.126 e. The van der Waals surface area contributed by atoms with Gasteiger partial charge in [0, 0.05) is 16.4 Å². The van der Waals surface area contributed by atoms with Crippen LogP contribution >= 0.6 is 15.9 Å². The fourth-order valence-electron chi connectivity index (χ4n) is 1.99. The van der Waals surface area contributed by atoms with Gasteiger partial charge in [-0.2, -0.15) is 0 Å². The zero-order valence-electron chi connectivity index (χ0n) is 10.3. The molecular weight excluding hydrogens is 300 g/mol. The maximum atomic E-state index is 4.59. The Morgan fingerprint density at radius 3 is 2.58 bits per heavy atom. The Morgan fingerprint density at radius 1 is 0.895 bits per heavy atom. The van der Waals surface area contributed by atoms with Crippen LogP contribution in [0, 0.1) is 0 Å². The first-order chi connectivity index (χ1) is 9.33. The van der Waals surface area contributed by atoms with Crippen molar-refractivity contribution in [2.24, 2.45) is 0 Å². The van der Waals surface area contributed by atoms with Crippen LogP contribution in [-0.4, -0.2) is 4.98 Å². The van der Waals surface area contributed by atoms with E-state index in [1.54, 1.807) is 0 Å². The molecule has 0 saturated heterocycles. The number of aromatic nitrogens is 1. The van der Waals surface area contributed by atoms with E-state index in [4.69, 9.17) is 0 Å². The summed E-state index contributed by atoms with van der Waals surface area (Å²) in [4.78, 5) is 4.59. The SMILES string of the molecule is Brc1ccccc1CNc1ccc2ccccc2n1. The van der Waals surface area contributed by atoms with Crippen LogP contribution in [0.4, 0.5) is 5.82 Å². The van der Waals surface area contributed by atoms with E-state index in [0.29, 0.717) is 0 Å². The topological polar surface area (TPSA) is 24.9 Å². The van der Waals surface area contributed by atoms with Gasteiger partial charge in [-0.3, -0.25) is 0 Å². The number of anilines is 1. The van der Waals surface area contributed by atoms with Crippen LogP contribution in [0.1, 0.15) is 5.56 Å². The Labute approximate surface area is 120 Å². The van der Waals surface area contributed by atoms with E-state index < -0.39 is 0 Å². The van der Waals surface area contributed by atoms with Crippen LogP contribution in [-0.2, 0) is 6.54 Å². The van der Waals surface area contributed by atoms with Gasteiger partial charge in [0.1, 0.15) is 5.82 Å². The smallest absolute Gasteiger partial charge is 0.126 e. The van der Waals surface area contributed by atoms with Gasteiger partial charge in [0.05, 0.1) is 5.52 Å². The summed E-state index contributed by atoms with van der Waals surface area (Å²) >= 11 is 3.55. The lowest BCUT2D eigenvalue weighted by Gasteiger charge is -2.08. The molecule has 0 saturated carbocycles. The lowest BCUT2D eigenvalue weighted by atomic mass is 10.2. The average molecular weight is 313 g/mol. The minimum Gasteiger partial charge on any atom is -0.366 e. The summed E-state index contributed by atoms with van der Waals surface area (Å²) in [6, 6.07) is 20.4. The predicted octanol–water partition coefficient (Wildman–Crippen LogP) is 4.61. The minimum absolute atomic E-state index is 0.757. The van der Waals surface area contributed by atoms with Gasteiger partial charge >= 0.3 is 0 Å². The zero-order chi connectivity index (χ0) is 13.1. The molecule has 94 valence electrons. The molecule has 19 heavy (non-hydrogen) atoms. The molecule has 1 aromatic heterocycles. The highest BCUT2D eigenvalue weighted by Gasteiger charge is 2.00. The molecule has 0 amide bonds. The quantitative estimate of drug-likeness (QED) is 0.764. The van der Waals surface area contributed by atoms with Crippen molar-refractivity contribution in [3.63, 3.8) is 0 Å². The predicted molar refractivity (Wildman–Crippen MR) is 83.2 cm³/mol. The van der Waals surface area contributed by atoms with Gasteiger partial charge in [-0.25, -0.2) is 4.98 Å². The Bertz CT molecular complexity index is 710. The number of para-hydroxylation sites is 1. The highest BCUT2D eigenvalue weighted by molar-refractivity contribution is 9.10. The Balaban J connectivity index is 1.80. The number of rotatable bonds is 3. The molecule has 2 nitrogen and oxygen atoms in total. The molecule has 0 bridgehead atoms. The molecule has 0 fully saturated rings. The Hall–Kier alpha value is -1.87. The first-order valence-corrected chi connectivity index (χ1v) is 6.95. The number of nitrogens with zero attached hydrogens (tertiary/aromatic N) is 1. The third-order valence-corrected chi connectivity index (χ3v) is 3.79. The second kappa shape index (κ2) is 5.41. The molecule has 0 unspecified atom stereocenters. The summed E-state index contributed by atoms with van der Waals surface area (Å²) in [6.07, 6.45) is 0. The Kier molecular flexibility index (Phi) is 3.47. The molecule has 1 N–H and O–H groups in total. The van der Waals surface area contributed by atoms with Gasteiger partial charge in [-0.1, -0.05) is 52.3 Å². The van der Waals surface area contributed by atoms with E-state index in [2.05, 4.69) is 44.4 Å². The molecule has 3 rings (SSSR count). The van der Waals surface area contributed by atoms with Crippen molar-refractivity contribution in [3.05, 3.63) is 70.7 Å². The summed E-state index contributed by atoms with van der Waals surface area (Å²) in [5, 5.41) is 4.51. The fourth-order valence-corrected chi connectivity index (χ4v) is 2.42. The van der Waals surface area contributed by atoms with E-state index in [9.17, 15) is 0 Å². The van der Waals surface area contributed by atoms with Crippen LogP contribution in [0.15, 0.2) is 65.1 Å². The molecule has 0 atom stereocenters. The highest BCUT2D eigenvalue weighted by atomic mass is 79.9. The molecule has 2 aromatic carbocycles. The minimum atomic E-state index is 0.757. The third kappa shape index (κ3) is 2.76. The third-order valence-electron chi connectivity index (χ3n) is 3.02. The van der Waals surface area contributed by atoms with E-state index >= 15 is 0 Å². The van der Waals surface area contributed by atoms with Crippen LogP contribution in [0.3, 0.4) is 0 Å². The second-order valence-electron chi connectivity index (χ2n) is 4.33. The molecule has 0 spiro atoms.